The monoisotopic (exact) mass is 501 g/mol. The van der Waals surface area contributed by atoms with Gasteiger partial charge in [-0.25, -0.2) is 9.38 Å². The molecular formula is C22H20ClF4N3O2S. The zero-order valence-corrected chi connectivity index (χ0v) is 19.2. The number of alkyl halides is 3. The fourth-order valence-corrected chi connectivity index (χ4v) is 4.38. The molecule has 2 amide bonds. The quantitative estimate of drug-likeness (QED) is 0.485. The summed E-state index contributed by atoms with van der Waals surface area (Å²) in [6, 6.07) is 8.04. The number of anilines is 1. The van der Waals surface area contributed by atoms with E-state index in [4.69, 9.17) is 11.6 Å². The van der Waals surface area contributed by atoms with Crippen molar-refractivity contribution in [1.82, 2.24) is 4.90 Å². The van der Waals surface area contributed by atoms with E-state index in [-0.39, 0.29) is 29.0 Å². The minimum Gasteiger partial charge on any atom is -0.325 e. The number of hydrogen-bond acceptors (Lipinski definition) is 4. The third-order valence-corrected chi connectivity index (χ3v) is 6.06. The van der Waals surface area contributed by atoms with Gasteiger partial charge in [0.05, 0.1) is 22.0 Å². The Bertz CT molecular complexity index is 1070. The Hall–Kier alpha value is -2.59. The number of aliphatic imine (C=N–C) groups is 1. The molecule has 0 unspecified atom stereocenters. The molecule has 11 heteroatoms. The Balaban J connectivity index is 1.77. The molecule has 1 heterocycles. The smallest absolute Gasteiger partial charge is 0.325 e. The van der Waals surface area contributed by atoms with Crippen molar-refractivity contribution in [3.63, 3.8) is 0 Å². The number of thioether (sulfide) groups is 1. The summed E-state index contributed by atoms with van der Waals surface area (Å²) >= 11 is 7.01. The van der Waals surface area contributed by atoms with Crippen LogP contribution in [-0.4, -0.2) is 33.7 Å². The lowest BCUT2D eigenvalue weighted by Crippen LogP contribution is -2.36. The van der Waals surface area contributed by atoms with Gasteiger partial charge in [0.15, 0.2) is 5.17 Å². The summed E-state index contributed by atoms with van der Waals surface area (Å²) < 4.78 is 52.1. The Kier molecular flexibility index (Phi) is 7.69. The Morgan fingerprint density at radius 3 is 2.48 bits per heavy atom. The summed E-state index contributed by atoms with van der Waals surface area (Å²) in [5.41, 5.74) is -0.696. The molecule has 0 aliphatic carbocycles. The van der Waals surface area contributed by atoms with Gasteiger partial charge in [-0.2, -0.15) is 13.2 Å². The second-order valence-electron chi connectivity index (χ2n) is 7.76. The van der Waals surface area contributed by atoms with E-state index in [9.17, 15) is 27.2 Å². The third-order valence-electron chi connectivity index (χ3n) is 4.56. The van der Waals surface area contributed by atoms with E-state index in [1.165, 1.54) is 29.2 Å². The third kappa shape index (κ3) is 6.48. The van der Waals surface area contributed by atoms with E-state index < -0.39 is 28.7 Å². The number of hydrogen-bond donors (Lipinski definition) is 1. The summed E-state index contributed by atoms with van der Waals surface area (Å²) in [5.74, 6) is -1.30. The first-order chi connectivity index (χ1) is 15.4. The largest absolute Gasteiger partial charge is 0.416 e. The average Bonchev–Trinajstić information content (AvgIpc) is 2.98. The van der Waals surface area contributed by atoms with Crippen LogP contribution < -0.4 is 5.32 Å². The van der Waals surface area contributed by atoms with Gasteiger partial charge in [-0.1, -0.05) is 37.2 Å². The number of benzene rings is 2. The molecule has 0 saturated carbocycles. The van der Waals surface area contributed by atoms with Crippen LogP contribution in [-0.2, 0) is 15.8 Å². The van der Waals surface area contributed by atoms with E-state index in [2.05, 4.69) is 10.3 Å². The van der Waals surface area contributed by atoms with Crippen LogP contribution in [0.4, 0.5) is 28.9 Å². The minimum absolute atomic E-state index is 0.0539. The zero-order chi connectivity index (χ0) is 24.3. The van der Waals surface area contributed by atoms with Crippen molar-refractivity contribution < 1.29 is 27.2 Å². The predicted octanol–water partition coefficient (Wildman–Crippen LogP) is 6.11. The van der Waals surface area contributed by atoms with Crippen LogP contribution >= 0.6 is 23.4 Å². The molecular weight excluding hydrogens is 482 g/mol. The molecule has 1 aliphatic heterocycles. The maximum absolute atomic E-state index is 13.2. The molecule has 1 aliphatic rings. The summed E-state index contributed by atoms with van der Waals surface area (Å²) in [6.07, 6.45) is -4.88. The van der Waals surface area contributed by atoms with Crippen molar-refractivity contribution in [2.24, 2.45) is 10.9 Å². The number of amidine groups is 1. The predicted molar refractivity (Wildman–Crippen MR) is 121 cm³/mol. The van der Waals surface area contributed by atoms with E-state index in [1.54, 1.807) is 0 Å². The molecule has 0 radical (unpaired) electrons. The topological polar surface area (TPSA) is 61.8 Å². The highest BCUT2D eigenvalue weighted by atomic mass is 35.5. The van der Waals surface area contributed by atoms with Crippen molar-refractivity contribution in [3.05, 3.63) is 58.9 Å². The number of halogens is 5. The Morgan fingerprint density at radius 1 is 1.21 bits per heavy atom. The van der Waals surface area contributed by atoms with Crippen molar-refractivity contribution in [1.29, 1.82) is 0 Å². The Morgan fingerprint density at radius 2 is 1.88 bits per heavy atom. The highest BCUT2D eigenvalue weighted by Crippen LogP contribution is 2.35. The highest BCUT2D eigenvalue weighted by molar-refractivity contribution is 8.15. The van der Waals surface area contributed by atoms with Crippen LogP contribution in [0.3, 0.4) is 0 Å². The van der Waals surface area contributed by atoms with E-state index >= 15 is 0 Å². The molecule has 1 atom stereocenters. The van der Waals surface area contributed by atoms with Crippen molar-refractivity contribution in [3.8, 4) is 0 Å². The highest BCUT2D eigenvalue weighted by Gasteiger charge is 2.39. The molecule has 3 rings (SSSR count). The van der Waals surface area contributed by atoms with Crippen LogP contribution in [0.25, 0.3) is 0 Å². The molecule has 0 spiro atoms. The molecule has 1 saturated heterocycles. The lowest BCUT2D eigenvalue weighted by atomic mass is 10.1. The van der Waals surface area contributed by atoms with E-state index in [0.29, 0.717) is 17.4 Å². The minimum atomic E-state index is -4.59. The maximum atomic E-state index is 13.2. The normalized spacial score (nSPS) is 17.8. The number of carbonyl (C=O) groups excluding carboxylic acids is 2. The maximum Gasteiger partial charge on any atom is 0.416 e. The fraction of sp³-hybridized carbons (Fsp3) is 0.318. The number of nitrogens with zero attached hydrogens (tertiary/aromatic N) is 2. The van der Waals surface area contributed by atoms with Crippen LogP contribution in [0.2, 0.25) is 5.02 Å². The summed E-state index contributed by atoms with van der Waals surface area (Å²) in [6.45, 7) is 4.20. The second-order valence-corrected chi connectivity index (χ2v) is 9.34. The van der Waals surface area contributed by atoms with Crippen LogP contribution in [0.5, 0.6) is 0 Å². The molecule has 176 valence electrons. The van der Waals surface area contributed by atoms with Crippen molar-refractivity contribution in [2.45, 2.75) is 31.7 Å². The van der Waals surface area contributed by atoms with Gasteiger partial charge >= 0.3 is 6.18 Å². The van der Waals surface area contributed by atoms with Gasteiger partial charge < -0.3 is 5.32 Å². The molecule has 2 aromatic rings. The molecule has 33 heavy (non-hydrogen) atoms. The average molecular weight is 502 g/mol. The lowest BCUT2D eigenvalue weighted by molar-refractivity contribution is -0.137. The molecule has 0 aromatic heterocycles. The zero-order valence-electron chi connectivity index (χ0n) is 17.6. The first-order valence-electron chi connectivity index (χ1n) is 9.93. The van der Waals surface area contributed by atoms with Gasteiger partial charge in [0.2, 0.25) is 11.8 Å². The van der Waals surface area contributed by atoms with E-state index in [0.717, 1.165) is 30.0 Å². The fourth-order valence-electron chi connectivity index (χ4n) is 3.05. The summed E-state index contributed by atoms with van der Waals surface area (Å²) in [5, 5.41) is 1.86. The molecule has 0 bridgehead atoms. The van der Waals surface area contributed by atoms with Crippen molar-refractivity contribution >= 4 is 51.7 Å². The summed E-state index contributed by atoms with van der Waals surface area (Å²) in [7, 11) is 0. The van der Waals surface area contributed by atoms with Gasteiger partial charge in [0.25, 0.3) is 0 Å². The standard InChI is InChI=1S/C22H20ClF4N3O2S/c1-12(2)11-30-20(32)18(33-21(30)28-15-6-4-14(24)5-7-15)10-19(31)29-17-9-13(22(25,26)27)3-8-16(17)23/h3-9,12,18H,10-11H2,1-2H3,(H,29,31)/t18-/m0/s1. The van der Waals surface area contributed by atoms with Crippen molar-refractivity contribution in [2.75, 3.05) is 11.9 Å². The molecule has 2 aromatic carbocycles. The first-order valence-corrected chi connectivity index (χ1v) is 11.2. The van der Waals surface area contributed by atoms with Gasteiger partial charge in [-0.15, -0.1) is 0 Å². The number of rotatable bonds is 6. The number of amides is 2. The molecule has 5 nitrogen and oxygen atoms in total. The van der Waals surface area contributed by atoms with Gasteiger partial charge in [0, 0.05) is 13.0 Å². The van der Waals surface area contributed by atoms with E-state index in [1.807, 2.05) is 13.8 Å². The van der Waals surface area contributed by atoms with Crippen LogP contribution in [0, 0.1) is 11.7 Å². The molecule has 1 N–H and O–H groups in total. The van der Waals surface area contributed by atoms with Gasteiger partial charge in [0.1, 0.15) is 11.1 Å². The second kappa shape index (κ2) is 10.1. The number of nitrogens with one attached hydrogen (secondary N) is 1. The Labute approximate surface area is 197 Å². The number of carbonyl (C=O) groups is 2. The van der Waals surface area contributed by atoms with Crippen LogP contribution in [0.1, 0.15) is 25.8 Å². The first kappa shape index (κ1) is 25.0. The lowest BCUT2D eigenvalue weighted by Gasteiger charge is -2.18. The van der Waals surface area contributed by atoms with Crippen LogP contribution in [0.15, 0.2) is 47.5 Å². The molecule has 1 fully saturated rings. The van der Waals surface area contributed by atoms with Gasteiger partial charge in [-0.3, -0.25) is 14.5 Å². The van der Waals surface area contributed by atoms with Gasteiger partial charge in [-0.05, 0) is 48.4 Å². The SMILES string of the molecule is CC(C)CN1C(=O)[C@H](CC(=O)Nc2cc(C(F)(F)F)ccc2Cl)SC1=Nc1ccc(F)cc1. The summed E-state index contributed by atoms with van der Waals surface area (Å²) in [4.78, 5) is 31.4.